The van der Waals surface area contributed by atoms with E-state index in [1.165, 1.54) is 0 Å². The maximum Gasteiger partial charge on any atom is 0.230 e. The molecule has 0 bridgehead atoms. The van der Waals surface area contributed by atoms with Crippen LogP contribution in [-0.2, 0) is 4.79 Å². The number of carbonyl (C=O) groups excluding carboxylic acids is 1. The average molecular weight is 331 g/mol. The smallest absolute Gasteiger partial charge is 0.230 e. The van der Waals surface area contributed by atoms with Crippen molar-refractivity contribution in [2.75, 3.05) is 25.0 Å². The van der Waals surface area contributed by atoms with Gasteiger partial charge in [-0.2, -0.15) is 0 Å². The van der Waals surface area contributed by atoms with Gasteiger partial charge >= 0.3 is 0 Å². The van der Waals surface area contributed by atoms with Crippen LogP contribution in [0.5, 0.6) is 5.75 Å². The van der Waals surface area contributed by atoms with Gasteiger partial charge in [-0.25, -0.2) is 0 Å². The van der Waals surface area contributed by atoms with Crippen LogP contribution in [0.2, 0.25) is 0 Å². The zero-order valence-electron chi connectivity index (χ0n) is 13.2. The summed E-state index contributed by atoms with van der Waals surface area (Å²) in [6, 6.07) is 7.53. The number of nitrogens with one attached hydrogen (secondary N) is 1. The number of benzene rings is 1. The summed E-state index contributed by atoms with van der Waals surface area (Å²) in [4.78, 5) is 18.7. The first-order valence-electron chi connectivity index (χ1n) is 7.96. The molecule has 1 N–H and O–H groups in total. The predicted octanol–water partition coefficient (Wildman–Crippen LogP) is 3.45. The molecule has 1 amide bonds. The molecule has 122 valence electrons. The molecule has 2 aliphatic rings. The van der Waals surface area contributed by atoms with E-state index in [0.717, 1.165) is 54.8 Å². The summed E-state index contributed by atoms with van der Waals surface area (Å²) in [6.45, 7) is 4.57. The average Bonchev–Trinajstić information content (AvgIpc) is 3.14. The van der Waals surface area contributed by atoms with Gasteiger partial charge in [0.05, 0.1) is 19.6 Å². The van der Waals surface area contributed by atoms with Gasteiger partial charge in [-0.1, -0.05) is 25.1 Å². The van der Waals surface area contributed by atoms with Gasteiger partial charge in [0.15, 0.2) is 5.17 Å². The standard InChI is InChI=1S/C17H21N3O2S/c1-2-3-10-22-15-6-4-13(5-7-15)19-16(21)11-14-12-23-17-18-8-9-20(14)17/h4-7,12H,2-3,8-11H2,1H3,(H,19,21). The summed E-state index contributed by atoms with van der Waals surface area (Å²) >= 11 is 1.60. The second-order valence-electron chi connectivity index (χ2n) is 5.49. The van der Waals surface area contributed by atoms with Crippen LogP contribution >= 0.6 is 11.8 Å². The van der Waals surface area contributed by atoms with Crippen LogP contribution in [0.1, 0.15) is 26.2 Å². The van der Waals surface area contributed by atoms with E-state index in [1.807, 2.05) is 29.7 Å². The van der Waals surface area contributed by atoms with E-state index in [-0.39, 0.29) is 5.91 Å². The Bertz CT molecular complexity index is 625. The van der Waals surface area contributed by atoms with E-state index in [0.29, 0.717) is 6.42 Å². The van der Waals surface area contributed by atoms with Crippen molar-refractivity contribution in [2.24, 2.45) is 4.99 Å². The van der Waals surface area contributed by atoms with E-state index in [2.05, 4.69) is 22.1 Å². The molecule has 6 heteroatoms. The van der Waals surface area contributed by atoms with Gasteiger partial charge < -0.3 is 15.0 Å². The van der Waals surface area contributed by atoms with Crippen molar-refractivity contribution < 1.29 is 9.53 Å². The number of hydrogen-bond donors (Lipinski definition) is 1. The van der Waals surface area contributed by atoms with E-state index in [9.17, 15) is 4.79 Å². The van der Waals surface area contributed by atoms with Gasteiger partial charge in [-0.15, -0.1) is 0 Å². The molecule has 23 heavy (non-hydrogen) atoms. The van der Waals surface area contributed by atoms with Gasteiger partial charge in [0.25, 0.3) is 0 Å². The Labute approximate surface area is 140 Å². The first-order chi connectivity index (χ1) is 11.3. The Morgan fingerprint density at radius 3 is 3.00 bits per heavy atom. The van der Waals surface area contributed by atoms with Gasteiger partial charge in [0.1, 0.15) is 5.75 Å². The van der Waals surface area contributed by atoms with Crippen molar-refractivity contribution in [3.63, 3.8) is 0 Å². The third kappa shape index (κ3) is 4.07. The molecule has 5 nitrogen and oxygen atoms in total. The van der Waals surface area contributed by atoms with Gasteiger partial charge in [0, 0.05) is 17.9 Å². The van der Waals surface area contributed by atoms with Crippen molar-refractivity contribution in [3.05, 3.63) is 35.4 Å². The lowest BCUT2D eigenvalue weighted by Crippen LogP contribution is -2.24. The lowest BCUT2D eigenvalue weighted by molar-refractivity contribution is -0.115. The molecule has 0 saturated carbocycles. The third-order valence-electron chi connectivity index (χ3n) is 3.70. The SMILES string of the molecule is CCCCOc1ccc(NC(=O)CC2=CSC3=NCCN23)cc1. The Balaban J connectivity index is 1.49. The van der Waals surface area contributed by atoms with Gasteiger partial charge in [-0.05, 0) is 36.1 Å². The van der Waals surface area contributed by atoms with Crippen LogP contribution in [0.25, 0.3) is 0 Å². The van der Waals surface area contributed by atoms with Gasteiger partial charge in [-0.3, -0.25) is 9.79 Å². The molecule has 3 rings (SSSR count). The number of thioether (sulfide) groups is 1. The number of aliphatic imine (C=N–C) groups is 1. The highest BCUT2D eigenvalue weighted by Crippen LogP contribution is 2.31. The number of fused-ring (bicyclic) bond motifs is 1. The van der Waals surface area contributed by atoms with Crippen molar-refractivity contribution in [1.82, 2.24) is 4.90 Å². The van der Waals surface area contributed by atoms with Crippen LogP contribution in [0, 0.1) is 0 Å². The minimum atomic E-state index is -0.00958. The number of unbranched alkanes of at least 4 members (excludes halogenated alkanes) is 1. The molecular weight excluding hydrogens is 310 g/mol. The summed E-state index contributed by atoms with van der Waals surface area (Å²) in [5, 5.41) is 5.96. The van der Waals surface area contributed by atoms with Crippen molar-refractivity contribution in [2.45, 2.75) is 26.2 Å². The first kappa shape index (κ1) is 15.9. The number of rotatable bonds is 7. The minimum Gasteiger partial charge on any atom is -0.494 e. The number of hydrogen-bond acceptors (Lipinski definition) is 5. The Kier molecular flexibility index (Phi) is 5.23. The largest absolute Gasteiger partial charge is 0.494 e. The molecule has 0 spiro atoms. The topological polar surface area (TPSA) is 53.9 Å². The lowest BCUT2D eigenvalue weighted by atomic mass is 10.2. The summed E-state index contributed by atoms with van der Waals surface area (Å²) in [5.74, 6) is 0.828. The first-order valence-corrected chi connectivity index (χ1v) is 8.84. The fraction of sp³-hybridized carbons (Fsp3) is 0.412. The van der Waals surface area contributed by atoms with Crippen LogP contribution < -0.4 is 10.1 Å². The van der Waals surface area contributed by atoms with Crippen LogP contribution in [0.15, 0.2) is 40.4 Å². The highest BCUT2D eigenvalue weighted by Gasteiger charge is 2.27. The molecule has 0 unspecified atom stereocenters. The van der Waals surface area contributed by atoms with Crippen LogP contribution in [0.4, 0.5) is 5.69 Å². The maximum atomic E-state index is 12.2. The molecule has 1 aromatic rings. The molecule has 0 aliphatic carbocycles. The normalized spacial score (nSPS) is 16.0. The number of carbonyl (C=O) groups is 1. The molecule has 1 aromatic carbocycles. The highest BCUT2D eigenvalue weighted by molar-refractivity contribution is 8.16. The predicted molar refractivity (Wildman–Crippen MR) is 94.8 cm³/mol. The lowest BCUT2D eigenvalue weighted by Gasteiger charge is -2.16. The minimum absolute atomic E-state index is 0.00958. The summed E-state index contributed by atoms with van der Waals surface area (Å²) < 4.78 is 5.62. The van der Waals surface area contributed by atoms with Crippen LogP contribution in [0.3, 0.4) is 0 Å². The quantitative estimate of drug-likeness (QED) is 0.778. The molecular formula is C17H21N3O2S. The van der Waals surface area contributed by atoms with E-state index in [4.69, 9.17) is 4.74 Å². The fourth-order valence-electron chi connectivity index (χ4n) is 2.45. The van der Waals surface area contributed by atoms with Crippen molar-refractivity contribution in [1.29, 1.82) is 0 Å². The third-order valence-corrected chi connectivity index (χ3v) is 4.65. The van der Waals surface area contributed by atoms with Crippen molar-refractivity contribution >= 4 is 28.5 Å². The number of nitrogens with zero attached hydrogens (tertiary/aromatic N) is 2. The second kappa shape index (κ2) is 7.55. The molecule has 0 aromatic heterocycles. The van der Waals surface area contributed by atoms with E-state index < -0.39 is 0 Å². The van der Waals surface area contributed by atoms with Crippen molar-refractivity contribution in [3.8, 4) is 5.75 Å². The molecule has 0 atom stereocenters. The van der Waals surface area contributed by atoms with Gasteiger partial charge in [0.2, 0.25) is 5.91 Å². The summed E-state index contributed by atoms with van der Waals surface area (Å²) in [6.07, 6.45) is 2.54. The van der Waals surface area contributed by atoms with Crippen LogP contribution in [-0.4, -0.2) is 35.7 Å². The fourth-order valence-corrected chi connectivity index (χ4v) is 3.41. The molecule has 2 heterocycles. The molecule has 0 fully saturated rings. The monoisotopic (exact) mass is 331 g/mol. The van der Waals surface area contributed by atoms with E-state index in [1.54, 1.807) is 11.8 Å². The number of amidine groups is 1. The summed E-state index contributed by atoms with van der Waals surface area (Å²) in [7, 11) is 0. The number of ether oxygens (including phenoxy) is 1. The number of amides is 1. The highest BCUT2D eigenvalue weighted by atomic mass is 32.2. The molecule has 0 saturated heterocycles. The molecule has 0 radical (unpaired) electrons. The maximum absolute atomic E-state index is 12.2. The Hall–Kier alpha value is -1.95. The zero-order valence-corrected chi connectivity index (χ0v) is 14.1. The number of anilines is 1. The zero-order chi connectivity index (χ0) is 16.1. The van der Waals surface area contributed by atoms with E-state index >= 15 is 0 Å². The Morgan fingerprint density at radius 1 is 1.39 bits per heavy atom. The Morgan fingerprint density at radius 2 is 2.22 bits per heavy atom. The summed E-state index contributed by atoms with van der Waals surface area (Å²) in [5.41, 5.74) is 1.82. The second-order valence-corrected chi connectivity index (χ2v) is 6.33. The molecule has 2 aliphatic heterocycles.